The molecule has 3 heteroatoms. The number of carbonyl (C=O) groups is 1. The first-order chi connectivity index (χ1) is 7.61. The standard InChI is InChI=1S/C13H17ClO2/c1-10(2)6-7-13(15)16-12-5-3-4-11(8-12)9-14/h3-5,8,10H,6-7,9H2,1-2H3. The molecule has 0 aromatic heterocycles. The van der Waals surface area contributed by atoms with Crippen LogP contribution in [-0.4, -0.2) is 5.97 Å². The lowest BCUT2D eigenvalue weighted by atomic mass is 10.1. The molecular formula is C13H17ClO2. The van der Waals surface area contributed by atoms with Crippen LogP contribution in [0.5, 0.6) is 5.75 Å². The Hall–Kier alpha value is -1.02. The molecular weight excluding hydrogens is 224 g/mol. The first-order valence-corrected chi connectivity index (χ1v) is 6.01. The fourth-order valence-corrected chi connectivity index (χ4v) is 1.45. The van der Waals surface area contributed by atoms with Gasteiger partial charge < -0.3 is 4.74 Å². The Kier molecular flexibility index (Phi) is 5.33. The molecule has 0 bridgehead atoms. The van der Waals surface area contributed by atoms with Gasteiger partial charge in [0.15, 0.2) is 0 Å². The van der Waals surface area contributed by atoms with Crippen LogP contribution in [0.25, 0.3) is 0 Å². The summed E-state index contributed by atoms with van der Waals surface area (Å²) < 4.78 is 5.21. The normalized spacial score (nSPS) is 10.5. The van der Waals surface area contributed by atoms with Crippen LogP contribution in [0.1, 0.15) is 32.3 Å². The van der Waals surface area contributed by atoms with Crippen LogP contribution in [-0.2, 0) is 10.7 Å². The smallest absolute Gasteiger partial charge is 0.311 e. The summed E-state index contributed by atoms with van der Waals surface area (Å²) in [7, 11) is 0. The van der Waals surface area contributed by atoms with Crippen molar-refractivity contribution >= 4 is 17.6 Å². The number of hydrogen-bond donors (Lipinski definition) is 0. The molecule has 0 spiro atoms. The Labute approximate surface area is 102 Å². The second-order valence-electron chi connectivity index (χ2n) is 4.19. The number of hydrogen-bond acceptors (Lipinski definition) is 2. The van der Waals surface area contributed by atoms with Gasteiger partial charge in [-0.2, -0.15) is 0 Å². The fourth-order valence-electron chi connectivity index (χ4n) is 1.28. The summed E-state index contributed by atoms with van der Waals surface area (Å²) in [6.07, 6.45) is 1.32. The molecule has 0 aliphatic carbocycles. The maximum atomic E-state index is 11.5. The topological polar surface area (TPSA) is 26.3 Å². The van der Waals surface area contributed by atoms with Crippen molar-refractivity contribution in [1.82, 2.24) is 0 Å². The number of carbonyl (C=O) groups excluding carboxylic acids is 1. The van der Waals surface area contributed by atoms with Crippen LogP contribution in [0.2, 0.25) is 0 Å². The molecule has 0 aliphatic heterocycles. The molecule has 0 aliphatic rings. The molecule has 1 aromatic carbocycles. The molecule has 0 radical (unpaired) electrons. The molecule has 0 fully saturated rings. The monoisotopic (exact) mass is 240 g/mol. The summed E-state index contributed by atoms with van der Waals surface area (Å²) in [6, 6.07) is 7.30. The van der Waals surface area contributed by atoms with Gasteiger partial charge in [-0.05, 0) is 30.0 Å². The molecule has 16 heavy (non-hydrogen) atoms. The van der Waals surface area contributed by atoms with Gasteiger partial charge in [0.1, 0.15) is 5.75 Å². The Morgan fingerprint density at radius 3 is 2.81 bits per heavy atom. The highest BCUT2D eigenvalue weighted by atomic mass is 35.5. The molecule has 2 nitrogen and oxygen atoms in total. The summed E-state index contributed by atoms with van der Waals surface area (Å²) in [4.78, 5) is 11.5. The number of esters is 1. The third-order valence-electron chi connectivity index (χ3n) is 2.21. The summed E-state index contributed by atoms with van der Waals surface area (Å²) in [6.45, 7) is 4.17. The second kappa shape index (κ2) is 6.54. The summed E-state index contributed by atoms with van der Waals surface area (Å²) in [5, 5.41) is 0. The lowest BCUT2D eigenvalue weighted by Crippen LogP contribution is -2.08. The van der Waals surface area contributed by atoms with Gasteiger partial charge in [0, 0.05) is 12.3 Å². The molecule has 0 saturated heterocycles. The summed E-state index contributed by atoms with van der Waals surface area (Å²) in [5.74, 6) is 1.34. The minimum absolute atomic E-state index is 0.180. The van der Waals surface area contributed by atoms with Crippen molar-refractivity contribution in [1.29, 1.82) is 0 Å². The van der Waals surface area contributed by atoms with Crippen LogP contribution in [0.4, 0.5) is 0 Å². The van der Waals surface area contributed by atoms with E-state index in [4.69, 9.17) is 16.3 Å². The summed E-state index contributed by atoms with van der Waals surface area (Å²) in [5.41, 5.74) is 0.954. The molecule has 88 valence electrons. The molecule has 0 unspecified atom stereocenters. The largest absolute Gasteiger partial charge is 0.427 e. The lowest BCUT2D eigenvalue weighted by Gasteiger charge is -2.06. The van der Waals surface area contributed by atoms with E-state index in [0.717, 1.165) is 12.0 Å². The van der Waals surface area contributed by atoms with E-state index >= 15 is 0 Å². The minimum atomic E-state index is -0.180. The first-order valence-electron chi connectivity index (χ1n) is 5.47. The zero-order valence-corrected chi connectivity index (χ0v) is 10.5. The van der Waals surface area contributed by atoms with Gasteiger partial charge in [-0.15, -0.1) is 11.6 Å². The van der Waals surface area contributed by atoms with E-state index < -0.39 is 0 Å². The van der Waals surface area contributed by atoms with Crippen LogP contribution < -0.4 is 4.74 Å². The second-order valence-corrected chi connectivity index (χ2v) is 4.45. The highest BCUT2D eigenvalue weighted by molar-refractivity contribution is 6.17. The third-order valence-corrected chi connectivity index (χ3v) is 2.52. The zero-order chi connectivity index (χ0) is 12.0. The van der Waals surface area contributed by atoms with Crippen LogP contribution >= 0.6 is 11.6 Å². The number of benzene rings is 1. The number of ether oxygens (including phenoxy) is 1. The highest BCUT2D eigenvalue weighted by Gasteiger charge is 2.06. The van der Waals surface area contributed by atoms with E-state index in [9.17, 15) is 4.79 Å². The van der Waals surface area contributed by atoms with Crippen molar-refractivity contribution in [3.63, 3.8) is 0 Å². The average Bonchev–Trinajstić information content (AvgIpc) is 2.26. The van der Waals surface area contributed by atoms with Gasteiger partial charge in [0.25, 0.3) is 0 Å². The molecule has 0 saturated carbocycles. The van der Waals surface area contributed by atoms with Crippen LogP contribution in [0.15, 0.2) is 24.3 Å². The number of alkyl halides is 1. The van der Waals surface area contributed by atoms with E-state index in [1.54, 1.807) is 12.1 Å². The maximum Gasteiger partial charge on any atom is 0.311 e. The predicted molar refractivity (Wildman–Crippen MR) is 65.7 cm³/mol. The third kappa shape index (κ3) is 4.67. The molecule has 0 N–H and O–H groups in total. The average molecular weight is 241 g/mol. The minimum Gasteiger partial charge on any atom is -0.427 e. The Balaban J connectivity index is 2.49. The molecule has 0 amide bonds. The van der Waals surface area contributed by atoms with Crippen LogP contribution in [0, 0.1) is 5.92 Å². The lowest BCUT2D eigenvalue weighted by molar-refractivity contribution is -0.134. The van der Waals surface area contributed by atoms with Gasteiger partial charge in [0.05, 0.1) is 0 Å². The SMILES string of the molecule is CC(C)CCC(=O)Oc1cccc(CCl)c1. The van der Waals surface area contributed by atoms with Gasteiger partial charge in [-0.3, -0.25) is 4.79 Å². The van der Waals surface area contributed by atoms with Gasteiger partial charge >= 0.3 is 5.97 Å². The van der Waals surface area contributed by atoms with E-state index in [2.05, 4.69) is 13.8 Å². The maximum absolute atomic E-state index is 11.5. The van der Waals surface area contributed by atoms with Crippen molar-refractivity contribution in [2.45, 2.75) is 32.6 Å². The molecule has 0 heterocycles. The molecule has 1 rings (SSSR count). The van der Waals surface area contributed by atoms with Gasteiger partial charge in [-0.25, -0.2) is 0 Å². The fraction of sp³-hybridized carbons (Fsp3) is 0.462. The predicted octanol–water partition coefficient (Wildman–Crippen LogP) is 3.77. The van der Waals surface area contributed by atoms with Crippen molar-refractivity contribution in [3.05, 3.63) is 29.8 Å². The Morgan fingerprint density at radius 2 is 2.19 bits per heavy atom. The van der Waals surface area contributed by atoms with E-state index in [1.165, 1.54) is 0 Å². The van der Waals surface area contributed by atoms with E-state index in [-0.39, 0.29) is 5.97 Å². The van der Waals surface area contributed by atoms with Crippen molar-refractivity contribution in [2.75, 3.05) is 0 Å². The Bertz CT molecular complexity index is 348. The van der Waals surface area contributed by atoms with E-state index in [1.807, 2.05) is 12.1 Å². The first kappa shape index (κ1) is 13.0. The highest BCUT2D eigenvalue weighted by Crippen LogP contribution is 2.16. The van der Waals surface area contributed by atoms with Crippen molar-refractivity contribution < 1.29 is 9.53 Å². The van der Waals surface area contributed by atoms with Gasteiger partial charge in [0.2, 0.25) is 0 Å². The number of halogens is 1. The van der Waals surface area contributed by atoms with Crippen molar-refractivity contribution in [2.24, 2.45) is 5.92 Å². The van der Waals surface area contributed by atoms with Crippen LogP contribution in [0.3, 0.4) is 0 Å². The molecule has 1 aromatic rings. The quantitative estimate of drug-likeness (QED) is 0.445. The zero-order valence-electron chi connectivity index (χ0n) is 9.70. The number of rotatable bonds is 5. The Morgan fingerprint density at radius 1 is 1.44 bits per heavy atom. The van der Waals surface area contributed by atoms with Gasteiger partial charge in [-0.1, -0.05) is 26.0 Å². The molecule has 0 atom stereocenters. The van der Waals surface area contributed by atoms with E-state index in [0.29, 0.717) is 24.0 Å². The summed E-state index contributed by atoms with van der Waals surface area (Å²) >= 11 is 5.70. The van der Waals surface area contributed by atoms with Crippen molar-refractivity contribution in [3.8, 4) is 5.75 Å².